The summed E-state index contributed by atoms with van der Waals surface area (Å²) in [5.74, 6) is -0.719. The summed E-state index contributed by atoms with van der Waals surface area (Å²) in [6.45, 7) is 2.71. The molecule has 0 aromatic carbocycles. The number of hydrogen-bond acceptors (Lipinski definition) is 3. The van der Waals surface area contributed by atoms with Gasteiger partial charge in [-0.05, 0) is 24.7 Å². The van der Waals surface area contributed by atoms with Crippen LogP contribution in [0.25, 0.3) is 0 Å². The molecule has 20 heavy (non-hydrogen) atoms. The Bertz CT molecular complexity index is 373. The van der Waals surface area contributed by atoms with Gasteiger partial charge in [0.1, 0.15) is 6.04 Å². The molecule has 1 rings (SSSR count). The van der Waals surface area contributed by atoms with Crippen LogP contribution < -0.4 is 16.4 Å². The van der Waals surface area contributed by atoms with Gasteiger partial charge in [-0.1, -0.05) is 19.8 Å². The van der Waals surface area contributed by atoms with E-state index in [2.05, 4.69) is 17.6 Å². The van der Waals surface area contributed by atoms with Gasteiger partial charge in [0.05, 0.1) is 0 Å². The molecule has 5 N–H and O–H groups in total. The van der Waals surface area contributed by atoms with Crippen LogP contribution in [0.1, 0.15) is 39.0 Å². The van der Waals surface area contributed by atoms with Gasteiger partial charge in [-0.15, -0.1) is 0 Å². The number of nitrogens with two attached hydrogens (primary N) is 1. The third-order valence-corrected chi connectivity index (χ3v) is 3.85. The Morgan fingerprint density at radius 1 is 1.35 bits per heavy atom. The van der Waals surface area contributed by atoms with E-state index in [1.54, 1.807) is 0 Å². The Kier molecular flexibility index (Phi) is 6.27. The van der Waals surface area contributed by atoms with Crippen LogP contribution in [0, 0.1) is 11.8 Å². The van der Waals surface area contributed by atoms with Crippen molar-refractivity contribution in [3.8, 4) is 0 Å². The Morgan fingerprint density at radius 2 is 2.05 bits per heavy atom. The zero-order valence-electron chi connectivity index (χ0n) is 11.7. The maximum atomic E-state index is 11.7. The Hall–Kier alpha value is -1.79. The van der Waals surface area contributed by atoms with Crippen molar-refractivity contribution >= 4 is 17.9 Å². The average Bonchev–Trinajstić information content (AvgIpc) is 2.77. The molecule has 0 saturated heterocycles. The second-order valence-electron chi connectivity index (χ2n) is 5.42. The molecule has 3 unspecified atom stereocenters. The van der Waals surface area contributed by atoms with Crippen LogP contribution in [-0.2, 0) is 9.59 Å². The van der Waals surface area contributed by atoms with Crippen LogP contribution in [0.5, 0.6) is 0 Å². The first-order valence-electron chi connectivity index (χ1n) is 6.95. The van der Waals surface area contributed by atoms with Crippen LogP contribution in [0.2, 0.25) is 0 Å². The Morgan fingerprint density at radius 3 is 2.55 bits per heavy atom. The van der Waals surface area contributed by atoms with Crippen molar-refractivity contribution in [2.24, 2.45) is 17.6 Å². The van der Waals surface area contributed by atoms with Crippen molar-refractivity contribution < 1.29 is 19.5 Å². The summed E-state index contributed by atoms with van der Waals surface area (Å²) in [4.78, 5) is 33.3. The first kappa shape index (κ1) is 16.3. The first-order valence-corrected chi connectivity index (χ1v) is 6.95. The zero-order valence-corrected chi connectivity index (χ0v) is 11.7. The van der Waals surface area contributed by atoms with Crippen molar-refractivity contribution in [3.05, 3.63) is 0 Å². The number of nitrogens with one attached hydrogen (secondary N) is 2. The first-order chi connectivity index (χ1) is 9.40. The number of primary amides is 1. The molecule has 1 saturated carbocycles. The quantitative estimate of drug-likeness (QED) is 0.542. The fourth-order valence-corrected chi connectivity index (χ4v) is 2.50. The lowest BCUT2D eigenvalue weighted by Crippen LogP contribution is -2.47. The molecule has 0 heterocycles. The molecule has 0 bridgehead atoms. The third kappa shape index (κ3) is 5.46. The summed E-state index contributed by atoms with van der Waals surface area (Å²) < 4.78 is 0. The summed E-state index contributed by atoms with van der Waals surface area (Å²) in [7, 11) is 0. The van der Waals surface area contributed by atoms with Crippen molar-refractivity contribution in [3.63, 3.8) is 0 Å². The molecular weight excluding hydrogens is 262 g/mol. The number of hydrogen-bond donors (Lipinski definition) is 4. The molecule has 7 heteroatoms. The zero-order chi connectivity index (χ0) is 15.1. The number of rotatable bonds is 7. The van der Waals surface area contributed by atoms with Gasteiger partial charge in [0.25, 0.3) is 0 Å². The monoisotopic (exact) mass is 285 g/mol. The van der Waals surface area contributed by atoms with Crippen LogP contribution in [-0.4, -0.2) is 35.6 Å². The minimum atomic E-state index is -1.17. The number of carboxylic acids is 1. The number of amides is 3. The number of carbonyl (C=O) groups is 3. The van der Waals surface area contributed by atoms with E-state index in [1.807, 2.05) is 0 Å². The third-order valence-electron chi connectivity index (χ3n) is 3.85. The van der Waals surface area contributed by atoms with E-state index in [0.717, 1.165) is 6.42 Å². The topological polar surface area (TPSA) is 122 Å². The minimum Gasteiger partial charge on any atom is -0.480 e. The number of urea groups is 1. The summed E-state index contributed by atoms with van der Waals surface area (Å²) in [5, 5.41) is 14.0. The molecule has 0 aromatic heterocycles. The normalized spacial score (nSPS) is 23.1. The fourth-order valence-electron chi connectivity index (χ4n) is 2.50. The smallest absolute Gasteiger partial charge is 0.326 e. The van der Waals surface area contributed by atoms with Gasteiger partial charge in [-0.3, -0.25) is 4.79 Å². The van der Waals surface area contributed by atoms with Crippen molar-refractivity contribution in [1.82, 2.24) is 10.6 Å². The molecule has 3 atom stereocenters. The highest BCUT2D eigenvalue weighted by Crippen LogP contribution is 2.30. The van der Waals surface area contributed by atoms with Gasteiger partial charge in [-0.25, -0.2) is 9.59 Å². The van der Waals surface area contributed by atoms with Crippen molar-refractivity contribution in [2.75, 3.05) is 6.54 Å². The standard InChI is InChI=1S/C13H23N3O4/c1-8-3-2-4-9(8)7-15-13(20)16-10(12(18)19)5-6-11(14)17/h8-10H,2-7H2,1H3,(H2,14,17)(H,18,19)(H2,15,16,20). The van der Waals surface area contributed by atoms with E-state index in [0.29, 0.717) is 18.4 Å². The summed E-state index contributed by atoms with van der Waals surface area (Å²) >= 11 is 0. The van der Waals surface area contributed by atoms with E-state index >= 15 is 0 Å². The maximum absolute atomic E-state index is 11.7. The molecular formula is C13H23N3O4. The molecule has 1 fully saturated rings. The van der Waals surface area contributed by atoms with E-state index in [4.69, 9.17) is 10.8 Å². The molecule has 7 nitrogen and oxygen atoms in total. The van der Waals surface area contributed by atoms with Crippen LogP contribution >= 0.6 is 0 Å². The van der Waals surface area contributed by atoms with Crippen LogP contribution in [0.4, 0.5) is 4.79 Å². The summed E-state index contributed by atoms with van der Waals surface area (Å²) in [5.41, 5.74) is 4.97. The molecule has 0 aromatic rings. The number of carbonyl (C=O) groups excluding carboxylic acids is 2. The highest BCUT2D eigenvalue weighted by atomic mass is 16.4. The summed E-state index contributed by atoms with van der Waals surface area (Å²) in [6, 6.07) is -1.61. The van der Waals surface area contributed by atoms with E-state index in [9.17, 15) is 14.4 Å². The van der Waals surface area contributed by atoms with Gasteiger partial charge in [-0.2, -0.15) is 0 Å². The number of carboxylic acid groups (broad SMARTS) is 1. The van der Waals surface area contributed by atoms with E-state index in [1.165, 1.54) is 12.8 Å². The molecule has 0 radical (unpaired) electrons. The van der Waals surface area contributed by atoms with Gasteiger partial charge in [0, 0.05) is 13.0 Å². The predicted molar refractivity (Wildman–Crippen MR) is 72.9 cm³/mol. The van der Waals surface area contributed by atoms with Crippen LogP contribution in [0.3, 0.4) is 0 Å². The van der Waals surface area contributed by atoms with Gasteiger partial charge in [0.15, 0.2) is 0 Å². The van der Waals surface area contributed by atoms with Gasteiger partial charge >= 0.3 is 12.0 Å². The largest absolute Gasteiger partial charge is 0.480 e. The molecule has 3 amide bonds. The second kappa shape index (κ2) is 7.72. The Labute approximate surface area is 118 Å². The second-order valence-corrected chi connectivity index (χ2v) is 5.42. The van der Waals surface area contributed by atoms with E-state index < -0.39 is 23.9 Å². The van der Waals surface area contributed by atoms with Crippen molar-refractivity contribution in [1.29, 1.82) is 0 Å². The van der Waals surface area contributed by atoms with Crippen molar-refractivity contribution in [2.45, 2.75) is 45.1 Å². The molecule has 0 spiro atoms. The van der Waals surface area contributed by atoms with Gasteiger partial charge in [0.2, 0.25) is 5.91 Å². The highest BCUT2D eigenvalue weighted by Gasteiger charge is 2.25. The fraction of sp³-hybridized carbons (Fsp3) is 0.769. The highest BCUT2D eigenvalue weighted by molar-refractivity contribution is 5.83. The summed E-state index contributed by atoms with van der Waals surface area (Å²) in [6.07, 6.45) is 3.36. The SMILES string of the molecule is CC1CCCC1CNC(=O)NC(CCC(N)=O)C(=O)O. The minimum absolute atomic E-state index is 0.00207. The average molecular weight is 285 g/mol. The van der Waals surface area contributed by atoms with Crippen LogP contribution in [0.15, 0.2) is 0 Å². The predicted octanol–water partition coefficient (Wildman–Crippen LogP) is 0.441. The Balaban J connectivity index is 2.33. The molecule has 1 aliphatic rings. The molecule has 1 aliphatic carbocycles. The molecule has 0 aliphatic heterocycles. The molecule has 114 valence electrons. The maximum Gasteiger partial charge on any atom is 0.326 e. The lowest BCUT2D eigenvalue weighted by Gasteiger charge is -2.18. The number of aliphatic carboxylic acids is 1. The lowest BCUT2D eigenvalue weighted by molar-refractivity contribution is -0.139. The van der Waals surface area contributed by atoms with E-state index in [-0.39, 0.29) is 12.8 Å². The van der Waals surface area contributed by atoms with Gasteiger partial charge < -0.3 is 21.5 Å². The lowest BCUT2D eigenvalue weighted by atomic mass is 9.98.